The second-order valence-electron chi connectivity index (χ2n) is 17.6. The van der Waals surface area contributed by atoms with Crippen LogP contribution in [0.2, 0.25) is 0 Å². The Labute approximate surface area is 407 Å². The summed E-state index contributed by atoms with van der Waals surface area (Å²) in [5, 5.41) is 3.39. The minimum absolute atomic E-state index is 0.905. The highest BCUT2D eigenvalue weighted by Crippen LogP contribution is 2.44. The van der Waals surface area contributed by atoms with Crippen molar-refractivity contribution in [2.45, 2.75) is 0 Å². The fraction of sp³-hybridized carbons (Fsp3) is 0. The van der Waals surface area contributed by atoms with E-state index in [1.54, 1.807) is 11.3 Å². The average molecular weight is 913 g/mol. The quantitative estimate of drug-likeness (QED) is 0.153. The molecule has 0 amide bonds. The van der Waals surface area contributed by atoms with E-state index < -0.39 is 0 Å². The summed E-state index contributed by atoms with van der Waals surface area (Å²) in [6.07, 6.45) is 0. The van der Waals surface area contributed by atoms with Gasteiger partial charge < -0.3 is 4.57 Å². The van der Waals surface area contributed by atoms with Crippen LogP contribution in [0.5, 0.6) is 0 Å². The lowest BCUT2D eigenvalue weighted by molar-refractivity contribution is 1.10. The molecule has 0 unspecified atom stereocenters. The zero-order valence-corrected chi connectivity index (χ0v) is 38.5. The van der Waals surface area contributed by atoms with Gasteiger partial charge in [0.1, 0.15) is 16.7 Å². The molecular weight excluding hydrogens is 873 g/mol. The first-order valence-corrected chi connectivity index (χ1v) is 24.3. The van der Waals surface area contributed by atoms with Crippen molar-refractivity contribution in [3.8, 4) is 72.7 Å². The molecule has 0 bridgehead atoms. The van der Waals surface area contributed by atoms with Crippen molar-refractivity contribution >= 4 is 65.4 Å². The van der Waals surface area contributed by atoms with E-state index >= 15 is 0 Å². The van der Waals surface area contributed by atoms with Gasteiger partial charge in [0.25, 0.3) is 0 Å². The zero-order chi connectivity index (χ0) is 46.1. The van der Waals surface area contributed by atoms with Crippen LogP contribution < -0.4 is 0 Å². The fourth-order valence-electron chi connectivity index (χ4n) is 10.3. The van der Waals surface area contributed by atoms with Gasteiger partial charge in [-0.15, -0.1) is 11.3 Å². The molecule has 328 valence electrons. The Balaban J connectivity index is 0.914. The van der Waals surface area contributed by atoms with Crippen LogP contribution in [0.25, 0.3) is 127 Å². The second kappa shape index (κ2) is 16.3. The molecule has 0 N–H and O–H groups in total. The molecule has 4 aromatic heterocycles. The molecule has 7 heteroatoms. The molecule has 0 radical (unpaired) electrons. The number of benzene rings is 10. The topological polar surface area (TPSA) is 53.5 Å². The maximum Gasteiger partial charge on any atom is 0.145 e. The summed E-state index contributed by atoms with van der Waals surface area (Å²) in [7, 11) is 0. The van der Waals surface area contributed by atoms with Crippen LogP contribution in [0, 0.1) is 0 Å². The van der Waals surface area contributed by atoms with E-state index in [4.69, 9.17) is 15.0 Å². The number of aromatic nitrogens is 6. The van der Waals surface area contributed by atoms with Gasteiger partial charge in [-0.2, -0.15) is 0 Å². The molecule has 0 spiro atoms. The van der Waals surface area contributed by atoms with Crippen molar-refractivity contribution in [3.05, 3.63) is 243 Å². The van der Waals surface area contributed by atoms with Gasteiger partial charge in [-0.05, 0) is 96.1 Å². The molecule has 0 saturated heterocycles. The lowest BCUT2D eigenvalue weighted by Gasteiger charge is -2.12. The number of hydrogen-bond donors (Lipinski definition) is 0. The van der Waals surface area contributed by atoms with Crippen molar-refractivity contribution in [2.75, 3.05) is 0 Å². The molecule has 14 rings (SSSR count). The number of nitrogens with zero attached hydrogens (tertiary/aromatic N) is 6. The Bertz CT molecular complexity index is 4060. The molecule has 70 heavy (non-hydrogen) atoms. The molecule has 10 aromatic carbocycles. The van der Waals surface area contributed by atoms with Crippen molar-refractivity contribution in [2.24, 2.45) is 0 Å². The van der Waals surface area contributed by atoms with Crippen molar-refractivity contribution < 1.29 is 0 Å². The number of rotatable bonds is 8. The van der Waals surface area contributed by atoms with E-state index in [1.165, 1.54) is 21.8 Å². The van der Waals surface area contributed by atoms with E-state index in [0.717, 1.165) is 105 Å². The molecular formula is C63H40N6S. The highest BCUT2D eigenvalue weighted by atomic mass is 32.1. The van der Waals surface area contributed by atoms with Crippen molar-refractivity contribution in [3.63, 3.8) is 0 Å². The SMILES string of the molecule is c1ccc(-n2c(-c3ccc(-c4ccc(-c5ccc(-c6nc7ccccc7n6-c6ccccc6)cc5)c5sc(-c6ccc7c(c6)c6ccccc6n7-c6ccccc6)nc45)cc3)nc3ccccc32)cc1. The summed E-state index contributed by atoms with van der Waals surface area (Å²) in [4.78, 5) is 15.9. The Morgan fingerprint density at radius 3 is 1.30 bits per heavy atom. The molecule has 0 aliphatic carbocycles. The summed E-state index contributed by atoms with van der Waals surface area (Å²) in [5.41, 5.74) is 18.3. The minimum Gasteiger partial charge on any atom is -0.309 e. The molecule has 14 aromatic rings. The summed E-state index contributed by atoms with van der Waals surface area (Å²) in [6.45, 7) is 0. The van der Waals surface area contributed by atoms with Gasteiger partial charge in [-0.25, -0.2) is 15.0 Å². The van der Waals surface area contributed by atoms with E-state index in [1.807, 2.05) is 12.1 Å². The molecule has 0 fully saturated rings. The molecule has 0 atom stereocenters. The van der Waals surface area contributed by atoms with Gasteiger partial charge in [0.15, 0.2) is 0 Å². The minimum atomic E-state index is 0.905. The van der Waals surface area contributed by atoms with Gasteiger partial charge in [0.05, 0.1) is 43.3 Å². The highest BCUT2D eigenvalue weighted by molar-refractivity contribution is 7.22. The molecule has 6 nitrogen and oxygen atoms in total. The molecule has 4 heterocycles. The number of hydrogen-bond acceptors (Lipinski definition) is 4. The lowest BCUT2D eigenvalue weighted by Crippen LogP contribution is -1.97. The fourth-order valence-corrected chi connectivity index (χ4v) is 11.4. The largest absolute Gasteiger partial charge is 0.309 e. The first-order valence-electron chi connectivity index (χ1n) is 23.5. The van der Waals surface area contributed by atoms with Crippen LogP contribution in [-0.4, -0.2) is 28.7 Å². The summed E-state index contributed by atoms with van der Waals surface area (Å²) >= 11 is 1.76. The summed E-state index contributed by atoms with van der Waals surface area (Å²) in [6, 6.07) is 86.0. The van der Waals surface area contributed by atoms with Gasteiger partial charge in [0.2, 0.25) is 0 Å². The monoisotopic (exact) mass is 912 g/mol. The third kappa shape index (κ3) is 6.51. The Morgan fingerprint density at radius 1 is 0.300 bits per heavy atom. The smallest absolute Gasteiger partial charge is 0.145 e. The third-order valence-corrected chi connectivity index (χ3v) is 14.7. The molecule has 0 aliphatic rings. The van der Waals surface area contributed by atoms with E-state index in [9.17, 15) is 0 Å². The van der Waals surface area contributed by atoms with Crippen molar-refractivity contribution in [1.82, 2.24) is 28.7 Å². The number of thiazole rings is 1. The Kier molecular flexibility index (Phi) is 9.28. The van der Waals surface area contributed by atoms with Gasteiger partial charge >= 0.3 is 0 Å². The van der Waals surface area contributed by atoms with Crippen LogP contribution in [-0.2, 0) is 0 Å². The maximum atomic E-state index is 5.58. The summed E-state index contributed by atoms with van der Waals surface area (Å²) < 4.78 is 8.00. The van der Waals surface area contributed by atoms with Crippen LogP contribution in [0.3, 0.4) is 0 Å². The van der Waals surface area contributed by atoms with Crippen LogP contribution in [0.4, 0.5) is 0 Å². The van der Waals surface area contributed by atoms with Gasteiger partial charge in [-0.1, -0.05) is 158 Å². The van der Waals surface area contributed by atoms with E-state index in [-0.39, 0.29) is 0 Å². The van der Waals surface area contributed by atoms with Gasteiger partial charge in [-0.3, -0.25) is 9.13 Å². The maximum absolute atomic E-state index is 5.58. The predicted molar refractivity (Wildman–Crippen MR) is 290 cm³/mol. The average Bonchev–Trinajstić information content (AvgIpc) is 4.23. The van der Waals surface area contributed by atoms with Crippen LogP contribution in [0.1, 0.15) is 0 Å². The normalized spacial score (nSPS) is 11.7. The standard InChI is InChI=1S/C63H40N6S/c1-4-16-46(17-5-1)67-55-25-13-10-22-51(55)52-40-45(36-39-56(52)67)63-66-59-49(41-28-32-43(33-29-41)61-64-53-23-11-14-26-57(53)68(61)47-18-6-2-7-19-47)37-38-50(60(59)70-63)42-30-34-44(35-31-42)62-65-54-24-12-15-27-58(54)69(62)48-20-8-3-9-21-48/h1-40H. The number of fused-ring (bicyclic) bond motifs is 6. The predicted octanol–water partition coefficient (Wildman–Crippen LogP) is 16.4. The van der Waals surface area contributed by atoms with Crippen LogP contribution in [0.15, 0.2) is 243 Å². The van der Waals surface area contributed by atoms with E-state index in [2.05, 4.69) is 244 Å². The molecule has 0 saturated carbocycles. The van der Waals surface area contributed by atoms with Gasteiger partial charge in [0, 0.05) is 55.7 Å². The van der Waals surface area contributed by atoms with E-state index in [0.29, 0.717) is 0 Å². The summed E-state index contributed by atoms with van der Waals surface area (Å²) in [5.74, 6) is 1.81. The third-order valence-electron chi connectivity index (χ3n) is 13.5. The zero-order valence-electron chi connectivity index (χ0n) is 37.7. The Morgan fingerprint density at radius 2 is 0.729 bits per heavy atom. The lowest BCUT2D eigenvalue weighted by atomic mass is 9.97. The Hall–Kier alpha value is -9.17. The van der Waals surface area contributed by atoms with Crippen molar-refractivity contribution in [1.29, 1.82) is 0 Å². The van der Waals surface area contributed by atoms with Crippen LogP contribution >= 0.6 is 11.3 Å². The number of para-hydroxylation sites is 8. The highest BCUT2D eigenvalue weighted by Gasteiger charge is 2.21. The second-order valence-corrected chi connectivity index (χ2v) is 18.6. The first-order chi connectivity index (χ1) is 34.7. The number of imidazole rings is 2. The first kappa shape index (κ1) is 39.9. The molecule has 0 aliphatic heterocycles.